The van der Waals surface area contributed by atoms with E-state index in [1.165, 1.54) is 44.6 Å². The van der Waals surface area contributed by atoms with Crippen molar-refractivity contribution in [2.24, 2.45) is 23.0 Å². The molecular weight excluding hydrogens is 252 g/mol. The second kappa shape index (κ2) is 6.36. The molecule has 0 aromatic heterocycles. The Morgan fingerprint density at radius 2 is 2.00 bits per heavy atom. The minimum absolute atomic E-state index is 0.434. The number of nitrogens with zero attached hydrogens (tertiary/aromatic N) is 1. The summed E-state index contributed by atoms with van der Waals surface area (Å²) >= 11 is 2.12. The summed E-state index contributed by atoms with van der Waals surface area (Å²) in [5.74, 6) is 2.87. The van der Waals surface area contributed by atoms with Gasteiger partial charge in [-0.05, 0) is 36.5 Å². The predicted molar refractivity (Wildman–Crippen MR) is 86.6 cm³/mol. The van der Waals surface area contributed by atoms with Crippen LogP contribution in [-0.2, 0) is 0 Å². The summed E-state index contributed by atoms with van der Waals surface area (Å²) in [6.45, 7) is 13.3. The Morgan fingerprint density at radius 1 is 1.26 bits per heavy atom. The van der Waals surface area contributed by atoms with Gasteiger partial charge in [0, 0.05) is 36.7 Å². The maximum Gasteiger partial charge on any atom is 0.0147 e. The Balaban J connectivity index is 1.90. The molecular formula is C16H32N2S. The van der Waals surface area contributed by atoms with Crippen LogP contribution in [-0.4, -0.2) is 41.6 Å². The first-order valence-corrected chi connectivity index (χ1v) is 9.00. The fourth-order valence-electron chi connectivity index (χ4n) is 3.67. The van der Waals surface area contributed by atoms with Crippen LogP contribution in [0.15, 0.2) is 0 Å². The number of hydrogen-bond donors (Lipinski definition) is 1. The van der Waals surface area contributed by atoms with Gasteiger partial charge < -0.3 is 10.6 Å². The van der Waals surface area contributed by atoms with Gasteiger partial charge in [-0.25, -0.2) is 0 Å². The maximum absolute atomic E-state index is 6.40. The molecule has 3 heteroatoms. The smallest absolute Gasteiger partial charge is 0.0147 e. The summed E-state index contributed by atoms with van der Waals surface area (Å²) in [5, 5.41) is 0.798. The summed E-state index contributed by atoms with van der Waals surface area (Å²) in [6, 6.07) is 0.434. The molecule has 19 heavy (non-hydrogen) atoms. The summed E-state index contributed by atoms with van der Waals surface area (Å²) in [4.78, 5) is 2.66. The molecule has 2 rings (SSSR count). The van der Waals surface area contributed by atoms with Gasteiger partial charge in [-0.3, -0.25) is 0 Å². The SMILES string of the molecule is CC1CN(CC2CC(C(C)(C)C)CCC2N)CCS1. The van der Waals surface area contributed by atoms with Crippen LogP contribution in [0.1, 0.15) is 47.0 Å². The molecule has 1 heterocycles. The summed E-state index contributed by atoms with van der Waals surface area (Å²) < 4.78 is 0. The molecule has 4 unspecified atom stereocenters. The summed E-state index contributed by atoms with van der Waals surface area (Å²) in [7, 11) is 0. The Morgan fingerprint density at radius 3 is 2.63 bits per heavy atom. The molecule has 0 radical (unpaired) electrons. The lowest BCUT2D eigenvalue weighted by molar-refractivity contribution is 0.100. The fourth-order valence-corrected chi connectivity index (χ4v) is 4.75. The van der Waals surface area contributed by atoms with E-state index in [9.17, 15) is 0 Å². The van der Waals surface area contributed by atoms with Crippen molar-refractivity contribution >= 4 is 11.8 Å². The van der Waals surface area contributed by atoms with Gasteiger partial charge in [0.15, 0.2) is 0 Å². The largest absolute Gasteiger partial charge is 0.327 e. The molecule has 0 amide bonds. The lowest BCUT2D eigenvalue weighted by Gasteiger charge is -2.43. The van der Waals surface area contributed by atoms with Gasteiger partial charge in [0.05, 0.1) is 0 Å². The van der Waals surface area contributed by atoms with E-state index in [0.29, 0.717) is 17.4 Å². The van der Waals surface area contributed by atoms with Crippen LogP contribution >= 0.6 is 11.8 Å². The number of thioether (sulfide) groups is 1. The van der Waals surface area contributed by atoms with Crippen molar-refractivity contribution in [3.8, 4) is 0 Å². The van der Waals surface area contributed by atoms with E-state index in [1.807, 2.05) is 0 Å². The second-order valence-electron chi connectivity index (χ2n) is 7.74. The van der Waals surface area contributed by atoms with Crippen molar-refractivity contribution in [3.05, 3.63) is 0 Å². The van der Waals surface area contributed by atoms with Crippen LogP contribution in [0.3, 0.4) is 0 Å². The molecule has 0 aromatic rings. The highest BCUT2D eigenvalue weighted by Gasteiger charge is 2.35. The zero-order valence-electron chi connectivity index (χ0n) is 13.2. The van der Waals surface area contributed by atoms with Crippen molar-refractivity contribution in [2.75, 3.05) is 25.4 Å². The monoisotopic (exact) mass is 284 g/mol. The van der Waals surface area contributed by atoms with Gasteiger partial charge in [0.2, 0.25) is 0 Å². The molecule has 0 bridgehead atoms. The summed E-state index contributed by atoms with van der Waals surface area (Å²) in [5.41, 5.74) is 6.85. The highest BCUT2D eigenvalue weighted by atomic mass is 32.2. The van der Waals surface area contributed by atoms with E-state index in [1.54, 1.807) is 0 Å². The lowest BCUT2D eigenvalue weighted by atomic mass is 9.67. The first-order valence-electron chi connectivity index (χ1n) is 7.96. The van der Waals surface area contributed by atoms with E-state index in [4.69, 9.17) is 5.73 Å². The van der Waals surface area contributed by atoms with Gasteiger partial charge in [0.25, 0.3) is 0 Å². The second-order valence-corrected chi connectivity index (χ2v) is 9.29. The van der Waals surface area contributed by atoms with Crippen LogP contribution in [0.5, 0.6) is 0 Å². The quantitative estimate of drug-likeness (QED) is 0.844. The first-order chi connectivity index (χ1) is 8.86. The predicted octanol–water partition coefficient (Wildman–Crippen LogP) is 3.21. The van der Waals surface area contributed by atoms with Crippen LogP contribution in [0.4, 0.5) is 0 Å². The fraction of sp³-hybridized carbons (Fsp3) is 1.00. The molecule has 112 valence electrons. The van der Waals surface area contributed by atoms with E-state index in [-0.39, 0.29) is 0 Å². The molecule has 4 atom stereocenters. The number of nitrogens with two attached hydrogens (primary N) is 1. The van der Waals surface area contributed by atoms with E-state index >= 15 is 0 Å². The molecule has 2 nitrogen and oxygen atoms in total. The third-order valence-corrected chi connectivity index (χ3v) is 6.22. The third-order valence-electron chi connectivity index (χ3n) is 5.08. The zero-order chi connectivity index (χ0) is 14.0. The molecule has 2 N–H and O–H groups in total. The van der Waals surface area contributed by atoms with Crippen LogP contribution in [0.25, 0.3) is 0 Å². The number of hydrogen-bond acceptors (Lipinski definition) is 3. The highest BCUT2D eigenvalue weighted by Crippen LogP contribution is 2.40. The van der Waals surface area contributed by atoms with Crippen molar-refractivity contribution in [3.63, 3.8) is 0 Å². The van der Waals surface area contributed by atoms with E-state index in [0.717, 1.165) is 11.2 Å². The van der Waals surface area contributed by atoms with Crippen molar-refractivity contribution < 1.29 is 0 Å². The first kappa shape index (κ1) is 15.7. The highest BCUT2D eigenvalue weighted by molar-refractivity contribution is 7.99. The van der Waals surface area contributed by atoms with Gasteiger partial charge in [0.1, 0.15) is 0 Å². The molecule has 0 spiro atoms. The topological polar surface area (TPSA) is 29.3 Å². The lowest BCUT2D eigenvalue weighted by Crippen LogP contribution is -2.47. The molecule has 1 saturated heterocycles. The standard InChI is InChI=1S/C16H32N2S/c1-12-10-18(7-8-19-12)11-13-9-14(16(2,3)4)5-6-15(13)17/h12-15H,5-11,17H2,1-4H3. The molecule has 0 aromatic carbocycles. The Labute approximate surface area is 123 Å². The van der Waals surface area contributed by atoms with Crippen LogP contribution in [0, 0.1) is 17.3 Å². The molecule has 2 aliphatic rings. The number of rotatable bonds is 2. The Bertz CT molecular complexity index is 287. The van der Waals surface area contributed by atoms with E-state index < -0.39 is 0 Å². The van der Waals surface area contributed by atoms with E-state index in [2.05, 4.69) is 44.4 Å². The Kier molecular flexibility index (Phi) is 5.24. The van der Waals surface area contributed by atoms with Gasteiger partial charge in [-0.2, -0.15) is 11.8 Å². The molecule has 1 aliphatic carbocycles. The van der Waals surface area contributed by atoms with Gasteiger partial charge in [-0.15, -0.1) is 0 Å². The molecule has 1 aliphatic heterocycles. The minimum atomic E-state index is 0.434. The average molecular weight is 285 g/mol. The van der Waals surface area contributed by atoms with Crippen LogP contribution < -0.4 is 5.73 Å². The zero-order valence-corrected chi connectivity index (χ0v) is 14.0. The van der Waals surface area contributed by atoms with Gasteiger partial charge >= 0.3 is 0 Å². The van der Waals surface area contributed by atoms with Crippen molar-refractivity contribution in [1.29, 1.82) is 0 Å². The molecule has 1 saturated carbocycles. The van der Waals surface area contributed by atoms with Crippen LogP contribution in [0.2, 0.25) is 0 Å². The molecule has 2 fully saturated rings. The third kappa shape index (κ3) is 4.37. The summed E-state index contributed by atoms with van der Waals surface area (Å²) in [6.07, 6.45) is 3.89. The van der Waals surface area contributed by atoms with Crippen molar-refractivity contribution in [2.45, 2.75) is 58.2 Å². The Hall–Kier alpha value is 0.270. The maximum atomic E-state index is 6.40. The van der Waals surface area contributed by atoms with Crippen molar-refractivity contribution in [1.82, 2.24) is 4.90 Å². The normalized spacial score (nSPS) is 38.4. The average Bonchev–Trinajstić information content (AvgIpc) is 2.30. The minimum Gasteiger partial charge on any atom is -0.327 e. The van der Waals surface area contributed by atoms with Gasteiger partial charge in [-0.1, -0.05) is 27.7 Å².